The number of imidazole rings is 1. The number of ether oxygens (including phenoxy) is 2. The molecule has 1 atom stereocenters. The van der Waals surface area contributed by atoms with Crippen molar-refractivity contribution < 1.29 is 23.5 Å². The van der Waals surface area contributed by atoms with Crippen molar-refractivity contribution in [2.45, 2.75) is 65.7 Å². The minimum atomic E-state index is -0.964. The molecule has 0 aliphatic rings. The molecule has 1 aromatic heterocycles. The summed E-state index contributed by atoms with van der Waals surface area (Å²) in [7, 11) is 0. The average Bonchev–Trinajstić information content (AvgIpc) is 3.22. The van der Waals surface area contributed by atoms with Crippen molar-refractivity contribution in [2.75, 3.05) is 0 Å². The molecule has 204 valence electrons. The number of rotatable bonds is 8. The van der Waals surface area contributed by atoms with Crippen LogP contribution in [0, 0.1) is 19.7 Å². The molecule has 0 saturated heterocycles. The molecule has 39 heavy (non-hydrogen) atoms. The van der Waals surface area contributed by atoms with Gasteiger partial charge in [0.05, 0.1) is 11.0 Å². The molecule has 8 heteroatoms. The van der Waals surface area contributed by atoms with Gasteiger partial charge in [-0.3, -0.25) is 4.57 Å². The van der Waals surface area contributed by atoms with E-state index in [0.717, 1.165) is 33.4 Å². The van der Waals surface area contributed by atoms with Crippen LogP contribution < -0.4 is 5.32 Å². The molecule has 7 nitrogen and oxygen atoms in total. The Labute approximate surface area is 228 Å². The molecule has 0 aliphatic heterocycles. The molecule has 3 aromatic carbocycles. The maximum absolute atomic E-state index is 13.7. The highest BCUT2D eigenvalue weighted by molar-refractivity contribution is 5.82. The van der Waals surface area contributed by atoms with E-state index in [1.54, 1.807) is 32.9 Å². The van der Waals surface area contributed by atoms with E-state index < -0.39 is 23.7 Å². The van der Waals surface area contributed by atoms with E-state index in [4.69, 9.17) is 14.5 Å². The summed E-state index contributed by atoms with van der Waals surface area (Å²) in [5.74, 6) is -0.228. The number of amides is 1. The highest BCUT2D eigenvalue weighted by Crippen LogP contribution is 2.26. The van der Waals surface area contributed by atoms with Gasteiger partial charge < -0.3 is 14.8 Å². The van der Waals surface area contributed by atoms with Crippen molar-refractivity contribution in [3.8, 4) is 5.69 Å². The Morgan fingerprint density at radius 1 is 1.00 bits per heavy atom. The van der Waals surface area contributed by atoms with Crippen LogP contribution in [0.1, 0.15) is 49.7 Å². The minimum absolute atomic E-state index is 0.0822. The number of nitrogens with zero attached hydrogens (tertiary/aromatic N) is 2. The molecule has 0 radical (unpaired) electrons. The molecule has 4 aromatic rings. The first-order valence-corrected chi connectivity index (χ1v) is 12.9. The number of aromatic nitrogens is 2. The molecule has 0 spiro atoms. The third-order valence-corrected chi connectivity index (χ3v) is 6.28. The number of benzene rings is 3. The number of carbonyl (C=O) groups excluding carboxylic acids is 2. The molecule has 0 saturated carbocycles. The van der Waals surface area contributed by atoms with Crippen molar-refractivity contribution in [1.82, 2.24) is 14.9 Å². The Hall–Kier alpha value is -4.20. The fraction of sp³-hybridized carbons (Fsp3) is 0.323. The van der Waals surface area contributed by atoms with Crippen LogP contribution in [-0.2, 0) is 27.3 Å². The van der Waals surface area contributed by atoms with Gasteiger partial charge >= 0.3 is 12.1 Å². The lowest BCUT2D eigenvalue weighted by Gasteiger charge is -2.23. The van der Waals surface area contributed by atoms with Crippen molar-refractivity contribution in [3.05, 3.63) is 95.1 Å². The summed E-state index contributed by atoms with van der Waals surface area (Å²) in [6.45, 7) is 9.40. The van der Waals surface area contributed by atoms with Crippen molar-refractivity contribution >= 4 is 23.1 Å². The number of carbonyl (C=O) groups is 2. The van der Waals surface area contributed by atoms with Crippen LogP contribution in [-0.4, -0.2) is 33.3 Å². The molecule has 4 rings (SSSR count). The summed E-state index contributed by atoms with van der Waals surface area (Å²) in [5.41, 5.74) is 4.74. The second kappa shape index (κ2) is 11.7. The van der Waals surface area contributed by atoms with Gasteiger partial charge in [-0.15, -0.1) is 0 Å². The predicted octanol–water partition coefficient (Wildman–Crippen LogP) is 6.35. The van der Waals surface area contributed by atoms with Crippen LogP contribution in [0.15, 0.2) is 66.7 Å². The van der Waals surface area contributed by atoms with E-state index in [9.17, 15) is 14.0 Å². The van der Waals surface area contributed by atoms with E-state index in [1.807, 2.05) is 54.8 Å². The molecule has 1 amide bonds. The van der Waals surface area contributed by atoms with Crippen LogP contribution in [0.3, 0.4) is 0 Å². The largest absolute Gasteiger partial charge is 0.459 e. The first-order chi connectivity index (χ1) is 18.5. The van der Waals surface area contributed by atoms with E-state index in [-0.39, 0.29) is 18.8 Å². The maximum atomic E-state index is 13.7. The lowest BCUT2D eigenvalue weighted by molar-refractivity contribution is -0.147. The molecule has 0 aliphatic carbocycles. The van der Waals surface area contributed by atoms with Gasteiger partial charge in [-0.1, -0.05) is 30.3 Å². The summed E-state index contributed by atoms with van der Waals surface area (Å²) in [4.78, 5) is 30.6. The fourth-order valence-corrected chi connectivity index (χ4v) is 4.23. The maximum Gasteiger partial charge on any atom is 0.408 e. The van der Waals surface area contributed by atoms with Crippen LogP contribution in [0.2, 0.25) is 0 Å². The van der Waals surface area contributed by atoms with Gasteiger partial charge in [-0.2, -0.15) is 0 Å². The lowest BCUT2D eigenvalue weighted by atomic mass is 10.1. The summed E-state index contributed by atoms with van der Waals surface area (Å²) in [6.07, 6.45) is -0.150. The van der Waals surface area contributed by atoms with Crippen molar-refractivity contribution in [2.24, 2.45) is 0 Å². The van der Waals surface area contributed by atoms with Gasteiger partial charge in [0.15, 0.2) is 0 Å². The highest BCUT2D eigenvalue weighted by Gasteiger charge is 2.27. The zero-order valence-electron chi connectivity index (χ0n) is 23.0. The molecule has 1 heterocycles. The number of hydrogen-bond acceptors (Lipinski definition) is 5. The van der Waals surface area contributed by atoms with Gasteiger partial charge in [-0.05, 0) is 94.1 Å². The van der Waals surface area contributed by atoms with E-state index in [2.05, 4.69) is 11.4 Å². The normalized spacial score (nSPS) is 12.3. The summed E-state index contributed by atoms with van der Waals surface area (Å²) in [5, 5.41) is 2.68. The second-order valence-electron chi connectivity index (χ2n) is 10.6. The smallest absolute Gasteiger partial charge is 0.408 e. The number of fused-ring (bicyclic) bond motifs is 1. The lowest BCUT2D eigenvalue weighted by Crippen LogP contribution is -2.44. The van der Waals surface area contributed by atoms with E-state index in [1.165, 1.54) is 12.1 Å². The number of nitrogens with one attached hydrogen (secondary N) is 1. The Balaban J connectivity index is 1.62. The monoisotopic (exact) mass is 531 g/mol. The number of halogens is 1. The van der Waals surface area contributed by atoms with Gasteiger partial charge in [0.1, 0.15) is 29.9 Å². The third kappa shape index (κ3) is 7.22. The SMILES string of the molecule is Cc1cc2nc(CCC(NC(=O)OC(C)(C)C)C(=O)OCc3ccccc3)n(-c3ccc(F)cc3)c2cc1C. The summed E-state index contributed by atoms with van der Waals surface area (Å²) in [6, 6.07) is 18.6. The zero-order chi connectivity index (χ0) is 28.2. The number of esters is 1. The van der Waals surface area contributed by atoms with Crippen LogP contribution in [0.5, 0.6) is 0 Å². The minimum Gasteiger partial charge on any atom is -0.459 e. The third-order valence-electron chi connectivity index (χ3n) is 6.28. The summed E-state index contributed by atoms with van der Waals surface area (Å²) < 4.78 is 26.6. The number of alkyl carbamates (subject to hydrolysis) is 1. The zero-order valence-corrected chi connectivity index (χ0v) is 23.0. The topological polar surface area (TPSA) is 82.4 Å². The highest BCUT2D eigenvalue weighted by atomic mass is 19.1. The van der Waals surface area contributed by atoms with Gasteiger partial charge in [0.25, 0.3) is 0 Å². The quantitative estimate of drug-likeness (QED) is 0.268. The number of hydrogen-bond donors (Lipinski definition) is 1. The average molecular weight is 532 g/mol. The van der Waals surface area contributed by atoms with E-state index in [0.29, 0.717) is 12.2 Å². The molecule has 0 bridgehead atoms. The standard InChI is InChI=1S/C31H34FN3O4/c1-20-17-26-27(18-21(20)2)35(24-13-11-23(32)12-14-24)28(33-26)16-15-25(34-30(37)39-31(3,4)5)29(36)38-19-22-9-7-6-8-10-22/h6-14,17-18,25H,15-16,19H2,1-5H3,(H,34,37). The molecular weight excluding hydrogens is 497 g/mol. The second-order valence-corrected chi connectivity index (χ2v) is 10.6. The Bertz CT molecular complexity index is 1460. The van der Waals surface area contributed by atoms with Crippen LogP contribution in [0.4, 0.5) is 9.18 Å². The fourth-order valence-electron chi connectivity index (χ4n) is 4.23. The van der Waals surface area contributed by atoms with Crippen molar-refractivity contribution in [1.29, 1.82) is 0 Å². The predicted molar refractivity (Wildman–Crippen MR) is 148 cm³/mol. The van der Waals surface area contributed by atoms with E-state index >= 15 is 0 Å². The number of aryl methyl sites for hydroxylation is 3. The first kappa shape index (κ1) is 27.8. The van der Waals surface area contributed by atoms with Crippen LogP contribution in [0.25, 0.3) is 16.7 Å². The van der Waals surface area contributed by atoms with Gasteiger partial charge in [-0.25, -0.2) is 19.0 Å². The first-order valence-electron chi connectivity index (χ1n) is 12.9. The van der Waals surface area contributed by atoms with Crippen LogP contribution >= 0.6 is 0 Å². The molecule has 0 fully saturated rings. The molecule has 1 unspecified atom stereocenters. The Morgan fingerprint density at radius 3 is 2.33 bits per heavy atom. The molecular formula is C31H34FN3O4. The Morgan fingerprint density at radius 2 is 1.67 bits per heavy atom. The van der Waals surface area contributed by atoms with Gasteiger partial charge in [0.2, 0.25) is 0 Å². The van der Waals surface area contributed by atoms with Gasteiger partial charge in [0, 0.05) is 12.1 Å². The molecule has 1 N–H and O–H groups in total. The Kier molecular flexibility index (Phi) is 8.33. The summed E-state index contributed by atoms with van der Waals surface area (Å²) >= 11 is 0. The van der Waals surface area contributed by atoms with Crippen molar-refractivity contribution in [3.63, 3.8) is 0 Å².